The van der Waals surface area contributed by atoms with Gasteiger partial charge in [-0.3, -0.25) is 14.5 Å². The molecule has 2 N–H and O–H groups in total. The van der Waals surface area contributed by atoms with Crippen LogP contribution in [0.5, 0.6) is 5.75 Å². The van der Waals surface area contributed by atoms with Gasteiger partial charge in [-0.2, -0.15) is 13.2 Å². The monoisotopic (exact) mass is 527 g/mol. The summed E-state index contributed by atoms with van der Waals surface area (Å²) in [5.74, 6) is -3.17. The number of alkyl halides is 6. The molecule has 1 saturated heterocycles. The van der Waals surface area contributed by atoms with Gasteiger partial charge in [-0.05, 0) is 49.1 Å². The lowest BCUT2D eigenvalue weighted by Crippen LogP contribution is -2.65. The maximum Gasteiger partial charge on any atom is 0.573 e. The van der Waals surface area contributed by atoms with Crippen molar-refractivity contribution >= 4 is 11.8 Å². The van der Waals surface area contributed by atoms with Crippen LogP contribution in [0, 0.1) is 17.2 Å². The molecule has 0 aromatic heterocycles. The van der Waals surface area contributed by atoms with Crippen LogP contribution < -0.4 is 15.4 Å². The molecule has 1 aromatic rings. The van der Waals surface area contributed by atoms with Crippen molar-refractivity contribution in [2.45, 2.75) is 57.6 Å². The number of nitrogens with one attached hydrogen (secondary N) is 2. The second-order valence-electron chi connectivity index (χ2n) is 9.48. The number of carbonyl (C=O) groups excluding carboxylic acids is 2. The van der Waals surface area contributed by atoms with Crippen molar-refractivity contribution in [3.05, 3.63) is 29.6 Å². The SMILES string of the molecule is CC.O=C(CN1CC2(CC(CNC(=O)c3cc(F)cc(OC(F)(F)F)c3)C2)C1)NC1(C(F)(F)F)CC1. The standard InChI is InChI=1S/C21H22F7N3O3.C2H6/c22-14-3-13(4-15(5-14)34-21(26,27)28)17(33)29-8-12-6-18(7-12)10-31(11-18)9-16(32)30-19(1-2-19)20(23,24)25;1-2/h3-5,12H,1-2,6-11H2,(H,29,33)(H,30,32);1-2H3. The highest BCUT2D eigenvalue weighted by atomic mass is 19.4. The number of halogens is 7. The summed E-state index contributed by atoms with van der Waals surface area (Å²) in [6, 6.07) is 2.13. The van der Waals surface area contributed by atoms with Gasteiger partial charge in [0.05, 0.1) is 6.54 Å². The Morgan fingerprint density at radius 1 is 1.06 bits per heavy atom. The van der Waals surface area contributed by atoms with Gasteiger partial charge in [0.2, 0.25) is 5.91 Å². The van der Waals surface area contributed by atoms with E-state index in [-0.39, 0.29) is 42.8 Å². The van der Waals surface area contributed by atoms with Crippen LogP contribution in [-0.2, 0) is 4.79 Å². The summed E-state index contributed by atoms with van der Waals surface area (Å²) in [6.07, 6.45) is -8.23. The van der Waals surface area contributed by atoms with Crippen LogP contribution in [0.1, 0.15) is 49.9 Å². The number of likely N-dealkylation sites (tertiary alicyclic amines) is 1. The maximum atomic E-state index is 13.6. The van der Waals surface area contributed by atoms with Crippen LogP contribution in [0.15, 0.2) is 18.2 Å². The van der Waals surface area contributed by atoms with Crippen molar-refractivity contribution in [3.8, 4) is 5.75 Å². The molecule has 36 heavy (non-hydrogen) atoms. The lowest BCUT2D eigenvalue weighted by atomic mass is 9.57. The van der Waals surface area contributed by atoms with Crippen molar-refractivity contribution in [2.24, 2.45) is 11.3 Å². The number of amides is 2. The van der Waals surface area contributed by atoms with Crippen LogP contribution in [0.2, 0.25) is 0 Å². The molecule has 1 aromatic carbocycles. The van der Waals surface area contributed by atoms with Crippen LogP contribution in [-0.4, -0.2) is 61.0 Å². The highest BCUT2D eigenvalue weighted by Crippen LogP contribution is 2.52. The molecule has 3 aliphatic rings. The van der Waals surface area contributed by atoms with E-state index < -0.39 is 41.5 Å². The van der Waals surface area contributed by atoms with E-state index in [0.717, 1.165) is 25.0 Å². The maximum absolute atomic E-state index is 13.6. The van der Waals surface area contributed by atoms with E-state index in [9.17, 15) is 40.3 Å². The molecular formula is C23H28F7N3O3. The van der Waals surface area contributed by atoms with Crippen molar-refractivity contribution in [1.82, 2.24) is 15.5 Å². The molecule has 4 rings (SSSR count). The van der Waals surface area contributed by atoms with Gasteiger partial charge in [-0.1, -0.05) is 13.8 Å². The minimum absolute atomic E-state index is 0.0520. The first kappa shape index (κ1) is 28.0. The van der Waals surface area contributed by atoms with E-state index in [0.29, 0.717) is 19.2 Å². The first-order chi connectivity index (χ1) is 16.7. The third kappa shape index (κ3) is 6.60. The molecule has 2 amide bonds. The molecule has 2 saturated carbocycles. The molecule has 0 atom stereocenters. The van der Waals surface area contributed by atoms with Crippen LogP contribution >= 0.6 is 0 Å². The molecule has 1 spiro atoms. The van der Waals surface area contributed by atoms with Gasteiger partial charge in [0.1, 0.15) is 17.1 Å². The molecule has 13 heteroatoms. The quantitative estimate of drug-likeness (QED) is 0.516. The van der Waals surface area contributed by atoms with Gasteiger partial charge >= 0.3 is 12.5 Å². The van der Waals surface area contributed by atoms with E-state index >= 15 is 0 Å². The van der Waals surface area contributed by atoms with Gasteiger partial charge < -0.3 is 15.4 Å². The number of rotatable bonds is 7. The second-order valence-corrected chi connectivity index (χ2v) is 9.48. The molecular weight excluding hydrogens is 499 g/mol. The highest BCUT2D eigenvalue weighted by molar-refractivity contribution is 5.94. The van der Waals surface area contributed by atoms with Gasteiger partial charge in [-0.25, -0.2) is 4.39 Å². The second kappa shape index (κ2) is 10.1. The minimum Gasteiger partial charge on any atom is -0.406 e. The van der Waals surface area contributed by atoms with E-state index in [1.165, 1.54) is 0 Å². The Labute approximate surface area is 203 Å². The molecule has 202 valence electrons. The fourth-order valence-corrected chi connectivity index (χ4v) is 4.92. The van der Waals surface area contributed by atoms with Crippen molar-refractivity contribution in [3.63, 3.8) is 0 Å². The Balaban J connectivity index is 0.00000176. The summed E-state index contributed by atoms with van der Waals surface area (Å²) in [6.45, 7) is 5.25. The van der Waals surface area contributed by atoms with Gasteiger partial charge in [0.25, 0.3) is 5.91 Å². The Kier molecular flexibility index (Phi) is 7.83. The molecule has 1 heterocycles. The summed E-state index contributed by atoms with van der Waals surface area (Å²) in [7, 11) is 0. The highest BCUT2D eigenvalue weighted by Gasteiger charge is 2.64. The number of nitrogens with zero attached hydrogens (tertiary/aromatic N) is 1. The Hall–Kier alpha value is -2.57. The summed E-state index contributed by atoms with van der Waals surface area (Å²) in [5.41, 5.74) is -2.43. The molecule has 0 bridgehead atoms. The van der Waals surface area contributed by atoms with E-state index in [1.54, 1.807) is 4.90 Å². The third-order valence-corrected chi connectivity index (χ3v) is 6.52. The van der Waals surface area contributed by atoms with Crippen LogP contribution in [0.4, 0.5) is 30.7 Å². The molecule has 3 fully saturated rings. The largest absolute Gasteiger partial charge is 0.573 e. The average molecular weight is 527 g/mol. The number of hydrogen-bond donors (Lipinski definition) is 2. The summed E-state index contributed by atoms with van der Waals surface area (Å²) in [5, 5.41) is 4.66. The van der Waals surface area contributed by atoms with Crippen molar-refractivity contribution < 1.29 is 45.1 Å². The number of benzene rings is 1. The normalized spacial score (nSPS) is 20.4. The van der Waals surface area contributed by atoms with E-state index in [4.69, 9.17) is 0 Å². The van der Waals surface area contributed by atoms with Gasteiger partial charge in [-0.15, -0.1) is 13.2 Å². The predicted octanol–water partition coefficient (Wildman–Crippen LogP) is 4.40. The first-order valence-electron chi connectivity index (χ1n) is 11.6. The molecule has 2 aliphatic carbocycles. The summed E-state index contributed by atoms with van der Waals surface area (Å²) >= 11 is 0. The Morgan fingerprint density at radius 2 is 1.67 bits per heavy atom. The summed E-state index contributed by atoms with van der Waals surface area (Å²) in [4.78, 5) is 26.0. The topological polar surface area (TPSA) is 70.7 Å². The zero-order valence-electron chi connectivity index (χ0n) is 19.8. The molecule has 0 unspecified atom stereocenters. The average Bonchev–Trinajstić information content (AvgIpc) is 3.48. The smallest absolute Gasteiger partial charge is 0.406 e. The fraction of sp³-hybridized carbons (Fsp3) is 0.652. The zero-order chi connectivity index (χ0) is 26.9. The minimum atomic E-state index is -5.02. The Morgan fingerprint density at radius 3 is 2.19 bits per heavy atom. The lowest BCUT2D eigenvalue weighted by molar-refractivity contribution is -0.274. The van der Waals surface area contributed by atoms with Gasteiger partial charge in [0.15, 0.2) is 0 Å². The molecule has 1 aliphatic heterocycles. The number of carbonyl (C=O) groups is 2. The first-order valence-corrected chi connectivity index (χ1v) is 11.6. The molecule has 6 nitrogen and oxygen atoms in total. The van der Waals surface area contributed by atoms with Crippen LogP contribution in [0.25, 0.3) is 0 Å². The van der Waals surface area contributed by atoms with Crippen molar-refractivity contribution in [2.75, 3.05) is 26.2 Å². The Bertz CT molecular complexity index is 963. The fourth-order valence-electron chi connectivity index (χ4n) is 4.92. The van der Waals surface area contributed by atoms with E-state index in [2.05, 4.69) is 15.4 Å². The number of hydrogen-bond acceptors (Lipinski definition) is 4. The van der Waals surface area contributed by atoms with Gasteiger partial charge in [0, 0.05) is 31.3 Å². The predicted molar refractivity (Wildman–Crippen MR) is 115 cm³/mol. The molecule has 0 radical (unpaired) electrons. The third-order valence-electron chi connectivity index (χ3n) is 6.52. The summed E-state index contributed by atoms with van der Waals surface area (Å²) < 4.78 is 93.0. The zero-order valence-corrected chi connectivity index (χ0v) is 19.8. The van der Waals surface area contributed by atoms with E-state index in [1.807, 2.05) is 13.8 Å². The number of ether oxygens (including phenoxy) is 1. The van der Waals surface area contributed by atoms with Crippen LogP contribution in [0.3, 0.4) is 0 Å². The van der Waals surface area contributed by atoms with Crippen molar-refractivity contribution in [1.29, 1.82) is 0 Å². The lowest BCUT2D eigenvalue weighted by Gasteiger charge is -2.59.